The molecule has 2 aromatic rings. The molecule has 1 heterocycles. The summed E-state index contributed by atoms with van der Waals surface area (Å²) in [6.45, 7) is 1.02. The Hall–Kier alpha value is -1.72. The number of aromatic nitrogens is 1. The van der Waals surface area contributed by atoms with Crippen molar-refractivity contribution in [3.05, 3.63) is 35.3 Å². The molecule has 0 atom stereocenters. The van der Waals surface area contributed by atoms with E-state index in [1.54, 1.807) is 13.3 Å². The number of carbonyl (C=O) groups is 1. The quantitative estimate of drug-likeness (QED) is 0.594. The van der Waals surface area contributed by atoms with Crippen LogP contribution in [0.4, 0.5) is 0 Å². The van der Waals surface area contributed by atoms with Crippen molar-refractivity contribution in [2.75, 3.05) is 20.3 Å². The van der Waals surface area contributed by atoms with Gasteiger partial charge in [-0.25, -0.2) is 4.98 Å². The van der Waals surface area contributed by atoms with Gasteiger partial charge in [0.25, 0.3) is 0 Å². The monoisotopic (exact) mass is 263 g/mol. The first-order valence-electron chi connectivity index (χ1n) is 5.47. The van der Waals surface area contributed by atoms with Gasteiger partial charge in [0, 0.05) is 13.3 Å². The van der Waals surface area contributed by atoms with Crippen LogP contribution < -0.4 is 4.74 Å². The highest BCUT2D eigenvalue weighted by Gasteiger charge is 2.09. The van der Waals surface area contributed by atoms with Crippen LogP contribution in [0.3, 0.4) is 0 Å². The van der Waals surface area contributed by atoms with Crippen LogP contribution in [0.5, 0.6) is 5.75 Å². The molecule has 2 rings (SSSR count). The number of thiazole rings is 1. The third-order valence-corrected chi connectivity index (χ3v) is 3.26. The highest BCUT2D eigenvalue weighted by molar-refractivity contribution is 7.16. The zero-order chi connectivity index (χ0) is 12.8. The van der Waals surface area contributed by atoms with Crippen molar-refractivity contribution in [1.82, 2.24) is 4.98 Å². The summed E-state index contributed by atoms with van der Waals surface area (Å²) in [6.07, 6.45) is 2.37. The number of methoxy groups -OCH3 is 1. The minimum atomic E-state index is 0.486. The lowest BCUT2D eigenvalue weighted by molar-refractivity contribution is 0.112. The second-order valence-corrected chi connectivity index (χ2v) is 4.59. The van der Waals surface area contributed by atoms with Crippen LogP contribution in [0.2, 0.25) is 0 Å². The van der Waals surface area contributed by atoms with Crippen LogP contribution in [-0.4, -0.2) is 31.6 Å². The molecular weight excluding hydrogens is 250 g/mol. The van der Waals surface area contributed by atoms with Gasteiger partial charge in [-0.3, -0.25) is 4.79 Å². The number of para-hydroxylation sites is 1. The van der Waals surface area contributed by atoms with E-state index in [-0.39, 0.29) is 0 Å². The molecule has 0 aliphatic heterocycles. The maximum absolute atomic E-state index is 10.7. The summed E-state index contributed by atoms with van der Waals surface area (Å²) in [6, 6.07) is 7.63. The highest BCUT2D eigenvalue weighted by atomic mass is 32.1. The summed E-state index contributed by atoms with van der Waals surface area (Å²) in [4.78, 5) is 15.5. The summed E-state index contributed by atoms with van der Waals surface area (Å²) in [5, 5.41) is 0.783. The minimum Gasteiger partial charge on any atom is -0.490 e. The number of hydrogen-bond donors (Lipinski definition) is 0. The Morgan fingerprint density at radius 1 is 1.33 bits per heavy atom. The van der Waals surface area contributed by atoms with Gasteiger partial charge in [-0.15, -0.1) is 11.3 Å². The number of benzene rings is 1. The van der Waals surface area contributed by atoms with Crippen molar-refractivity contribution in [3.8, 4) is 16.3 Å². The number of hydrogen-bond acceptors (Lipinski definition) is 5. The molecule has 4 nitrogen and oxygen atoms in total. The predicted molar refractivity (Wildman–Crippen MR) is 70.3 cm³/mol. The van der Waals surface area contributed by atoms with Crippen LogP contribution in [-0.2, 0) is 4.74 Å². The molecule has 0 N–H and O–H groups in total. The Kier molecular flexibility index (Phi) is 4.44. The van der Waals surface area contributed by atoms with Gasteiger partial charge in [-0.05, 0) is 12.1 Å². The first-order valence-corrected chi connectivity index (χ1v) is 6.29. The van der Waals surface area contributed by atoms with E-state index in [0.29, 0.717) is 18.1 Å². The molecule has 0 bridgehead atoms. The SMILES string of the molecule is COCCOc1ccccc1-c1ncc(C=O)s1. The molecule has 0 saturated carbocycles. The van der Waals surface area contributed by atoms with Gasteiger partial charge in [0.15, 0.2) is 6.29 Å². The standard InChI is InChI=1S/C13H13NO3S/c1-16-6-7-17-12-5-3-2-4-11(12)13-14-8-10(9-15)18-13/h2-5,8-9H,6-7H2,1H3. The first-order chi connectivity index (χ1) is 8.85. The van der Waals surface area contributed by atoms with Crippen molar-refractivity contribution >= 4 is 17.6 Å². The number of aldehydes is 1. The highest BCUT2D eigenvalue weighted by Crippen LogP contribution is 2.32. The summed E-state index contributed by atoms with van der Waals surface area (Å²) in [5.41, 5.74) is 0.895. The lowest BCUT2D eigenvalue weighted by Gasteiger charge is -2.09. The molecule has 0 radical (unpaired) electrons. The van der Waals surface area contributed by atoms with Crippen molar-refractivity contribution < 1.29 is 14.3 Å². The Morgan fingerprint density at radius 3 is 2.89 bits per heavy atom. The minimum absolute atomic E-state index is 0.486. The second-order valence-electron chi connectivity index (χ2n) is 3.52. The third-order valence-electron chi connectivity index (χ3n) is 2.30. The molecule has 1 aromatic heterocycles. The van der Waals surface area contributed by atoms with Gasteiger partial charge >= 0.3 is 0 Å². The first kappa shape index (κ1) is 12.7. The Morgan fingerprint density at radius 2 is 2.17 bits per heavy atom. The van der Waals surface area contributed by atoms with E-state index in [1.165, 1.54) is 11.3 Å². The summed E-state index contributed by atoms with van der Waals surface area (Å²) >= 11 is 1.35. The van der Waals surface area contributed by atoms with E-state index in [4.69, 9.17) is 9.47 Å². The van der Waals surface area contributed by atoms with Gasteiger partial charge in [0.1, 0.15) is 17.4 Å². The molecular formula is C13H13NO3S. The average Bonchev–Trinajstić information content (AvgIpc) is 2.88. The van der Waals surface area contributed by atoms with E-state index >= 15 is 0 Å². The fourth-order valence-electron chi connectivity index (χ4n) is 1.47. The van der Waals surface area contributed by atoms with Crippen LogP contribution in [0.25, 0.3) is 10.6 Å². The summed E-state index contributed by atoms with van der Waals surface area (Å²) in [5.74, 6) is 0.751. The zero-order valence-electron chi connectivity index (χ0n) is 9.96. The topological polar surface area (TPSA) is 48.4 Å². The number of ether oxygens (including phenoxy) is 2. The van der Waals surface area contributed by atoms with Gasteiger partial charge in [-0.1, -0.05) is 12.1 Å². The van der Waals surface area contributed by atoms with Gasteiger partial charge < -0.3 is 9.47 Å². The normalized spacial score (nSPS) is 10.3. The fourth-order valence-corrected chi connectivity index (χ4v) is 2.23. The zero-order valence-corrected chi connectivity index (χ0v) is 10.8. The van der Waals surface area contributed by atoms with E-state index < -0.39 is 0 Å². The van der Waals surface area contributed by atoms with Gasteiger partial charge in [0.2, 0.25) is 0 Å². The van der Waals surface area contributed by atoms with Crippen LogP contribution >= 0.6 is 11.3 Å². The van der Waals surface area contributed by atoms with Crippen LogP contribution in [0, 0.1) is 0 Å². The molecule has 0 unspecified atom stereocenters. The molecule has 0 saturated heterocycles. The largest absolute Gasteiger partial charge is 0.490 e. The predicted octanol–water partition coefficient (Wildman–Crippen LogP) is 2.65. The summed E-state index contributed by atoms with van der Waals surface area (Å²) < 4.78 is 10.6. The molecule has 94 valence electrons. The van der Waals surface area contributed by atoms with E-state index in [2.05, 4.69) is 4.98 Å². The molecule has 0 amide bonds. The van der Waals surface area contributed by atoms with Crippen molar-refractivity contribution in [1.29, 1.82) is 0 Å². The van der Waals surface area contributed by atoms with E-state index in [9.17, 15) is 4.79 Å². The summed E-state index contributed by atoms with van der Waals surface area (Å²) in [7, 11) is 1.63. The maximum Gasteiger partial charge on any atom is 0.161 e. The Balaban J connectivity index is 2.23. The number of carbonyl (C=O) groups excluding carboxylic acids is 1. The molecule has 0 fully saturated rings. The van der Waals surface area contributed by atoms with E-state index in [0.717, 1.165) is 22.6 Å². The Bertz CT molecular complexity index is 524. The van der Waals surface area contributed by atoms with Gasteiger partial charge in [0.05, 0.1) is 17.0 Å². The van der Waals surface area contributed by atoms with Crippen LogP contribution in [0.1, 0.15) is 9.67 Å². The average molecular weight is 263 g/mol. The molecule has 5 heteroatoms. The molecule has 18 heavy (non-hydrogen) atoms. The second kappa shape index (κ2) is 6.28. The van der Waals surface area contributed by atoms with Crippen LogP contribution in [0.15, 0.2) is 30.5 Å². The third kappa shape index (κ3) is 2.94. The molecule has 1 aromatic carbocycles. The lowest BCUT2D eigenvalue weighted by Crippen LogP contribution is -2.04. The van der Waals surface area contributed by atoms with Crippen molar-refractivity contribution in [3.63, 3.8) is 0 Å². The Labute approximate surface area is 109 Å². The maximum atomic E-state index is 10.7. The van der Waals surface area contributed by atoms with Crippen molar-refractivity contribution in [2.24, 2.45) is 0 Å². The fraction of sp³-hybridized carbons (Fsp3) is 0.231. The van der Waals surface area contributed by atoms with Crippen molar-refractivity contribution in [2.45, 2.75) is 0 Å². The van der Waals surface area contributed by atoms with Gasteiger partial charge in [-0.2, -0.15) is 0 Å². The number of rotatable bonds is 6. The van der Waals surface area contributed by atoms with E-state index in [1.807, 2.05) is 24.3 Å². The lowest BCUT2D eigenvalue weighted by atomic mass is 10.2. The smallest absolute Gasteiger partial charge is 0.161 e. The molecule has 0 aliphatic carbocycles. The molecule has 0 aliphatic rings. The molecule has 0 spiro atoms. The number of nitrogens with zero attached hydrogens (tertiary/aromatic N) is 1.